The minimum Gasteiger partial charge on any atom is -0.493 e. The molecule has 0 aliphatic carbocycles. The third-order valence-electron chi connectivity index (χ3n) is 3.81. The summed E-state index contributed by atoms with van der Waals surface area (Å²) in [6.07, 6.45) is 0.452. The Balaban J connectivity index is 2.01. The van der Waals surface area contributed by atoms with Crippen molar-refractivity contribution in [1.29, 1.82) is 0 Å². The second-order valence-electron chi connectivity index (χ2n) is 5.45. The number of fused-ring (bicyclic) bond motifs is 1. The van der Waals surface area contributed by atoms with Crippen molar-refractivity contribution in [3.63, 3.8) is 0 Å². The first-order chi connectivity index (χ1) is 12.5. The van der Waals surface area contributed by atoms with Gasteiger partial charge in [-0.05, 0) is 30.3 Å². The summed E-state index contributed by atoms with van der Waals surface area (Å²) in [5.74, 6) is 1.14. The molecule has 1 amide bonds. The first-order valence-corrected chi connectivity index (χ1v) is 7.69. The first-order valence-electron chi connectivity index (χ1n) is 7.69. The van der Waals surface area contributed by atoms with E-state index in [-0.39, 0.29) is 0 Å². The van der Waals surface area contributed by atoms with Gasteiger partial charge in [0.1, 0.15) is 0 Å². The number of ether oxygens (including phenoxy) is 2. The van der Waals surface area contributed by atoms with Crippen LogP contribution in [0.1, 0.15) is 0 Å². The molecule has 0 fully saturated rings. The van der Waals surface area contributed by atoms with Crippen molar-refractivity contribution in [2.24, 2.45) is 0 Å². The monoisotopic (exact) mass is 354 g/mol. The average molecular weight is 354 g/mol. The van der Waals surface area contributed by atoms with Gasteiger partial charge in [-0.1, -0.05) is 0 Å². The molecule has 0 aliphatic rings. The van der Waals surface area contributed by atoms with Gasteiger partial charge in [0.2, 0.25) is 0 Å². The molecule has 5 N–H and O–H groups in total. The molecular weight excluding hydrogens is 336 g/mol. The summed E-state index contributed by atoms with van der Waals surface area (Å²) < 4.78 is 10.7. The Hall–Kier alpha value is -3.68. The van der Waals surface area contributed by atoms with E-state index in [1.807, 2.05) is 0 Å². The lowest BCUT2D eigenvalue weighted by Crippen LogP contribution is -2.07. The number of carbonyl (C=O) groups is 1. The second-order valence-corrected chi connectivity index (χ2v) is 5.45. The van der Waals surface area contributed by atoms with Crippen molar-refractivity contribution >= 4 is 39.7 Å². The molecule has 0 spiro atoms. The number of benzene rings is 2. The van der Waals surface area contributed by atoms with Crippen LogP contribution in [-0.2, 0) is 0 Å². The SMILES string of the molecule is COc1cc2ncc(N)c(Nc3ccc(NC(=O)O)cc3)c2cc1OC. The van der Waals surface area contributed by atoms with E-state index in [0.717, 1.165) is 11.1 Å². The van der Waals surface area contributed by atoms with E-state index < -0.39 is 6.09 Å². The van der Waals surface area contributed by atoms with Crippen molar-refractivity contribution in [3.05, 3.63) is 42.6 Å². The van der Waals surface area contributed by atoms with Gasteiger partial charge in [0.15, 0.2) is 11.5 Å². The molecule has 0 saturated heterocycles. The summed E-state index contributed by atoms with van der Waals surface area (Å²) in [7, 11) is 3.12. The Morgan fingerprint density at radius 3 is 2.31 bits per heavy atom. The van der Waals surface area contributed by atoms with Crippen LogP contribution >= 0.6 is 0 Å². The first kappa shape index (κ1) is 17.2. The van der Waals surface area contributed by atoms with Crippen molar-refractivity contribution in [2.45, 2.75) is 0 Å². The Morgan fingerprint density at radius 1 is 1.08 bits per heavy atom. The summed E-state index contributed by atoms with van der Waals surface area (Å²) in [4.78, 5) is 15.0. The van der Waals surface area contributed by atoms with Gasteiger partial charge in [-0.15, -0.1) is 0 Å². The van der Waals surface area contributed by atoms with Crippen LogP contribution in [0, 0.1) is 0 Å². The van der Waals surface area contributed by atoms with Crippen LogP contribution < -0.4 is 25.8 Å². The highest BCUT2D eigenvalue weighted by Gasteiger charge is 2.13. The van der Waals surface area contributed by atoms with Crippen LogP contribution in [-0.4, -0.2) is 30.4 Å². The zero-order valence-electron chi connectivity index (χ0n) is 14.2. The van der Waals surface area contributed by atoms with Gasteiger partial charge in [-0.2, -0.15) is 0 Å². The fourth-order valence-electron chi connectivity index (χ4n) is 2.58. The molecule has 0 radical (unpaired) electrons. The summed E-state index contributed by atoms with van der Waals surface area (Å²) in [6, 6.07) is 10.4. The number of nitrogen functional groups attached to an aromatic ring is 1. The quantitative estimate of drug-likeness (QED) is 0.552. The zero-order chi connectivity index (χ0) is 18.7. The maximum atomic E-state index is 10.7. The number of amides is 1. The van der Waals surface area contributed by atoms with E-state index in [9.17, 15) is 4.79 Å². The van der Waals surface area contributed by atoms with E-state index in [4.69, 9.17) is 20.3 Å². The van der Waals surface area contributed by atoms with Gasteiger partial charge in [0.25, 0.3) is 0 Å². The number of anilines is 4. The third kappa shape index (κ3) is 3.39. The standard InChI is InChI=1S/C18H18N4O4/c1-25-15-7-12-14(8-16(15)26-2)20-9-13(19)17(12)21-10-3-5-11(6-4-10)22-18(23)24/h3-9,22H,19H2,1-2H3,(H,20,21)(H,23,24). The third-order valence-corrected chi connectivity index (χ3v) is 3.81. The predicted molar refractivity (Wildman–Crippen MR) is 101 cm³/mol. The Morgan fingerprint density at radius 2 is 1.69 bits per heavy atom. The number of nitrogens with zero attached hydrogens (tertiary/aromatic N) is 1. The van der Waals surface area contributed by atoms with Gasteiger partial charge >= 0.3 is 6.09 Å². The van der Waals surface area contributed by atoms with Gasteiger partial charge < -0.3 is 25.6 Å². The highest BCUT2D eigenvalue weighted by atomic mass is 16.5. The maximum Gasteiger partial charge on any atom is 0.409 e. The normalized spacial score (nSPS) is 10.4. The van der Waals surface area contributed by atoms with Crippen LogP contribution in [0.3, 0.4) is 0 Å². The van der Waals surface area contributed by atoms with E-state index in [1.165, 1.54) is 0 Å². The number of aromatic nitrogens is 1. The van der Waals surface area contributed by atoms with Crippen LogP contribution in [0.25, 0.3) is 10.9 Å². The Kier molecular flexibility index (Phi) is 4.66. The van der Waals surface area contributed by atoms with Crippen molar-refractivity contribution in [2.75, 3.05) is 30.6 Å². The Bertz CT molecular complexity index is 958. The number of nitrogens with two attached hydrogens (primary N) is 1. The van der Waals surface area contributed by atoms with Crippen LogP contribution in [0.2, 0.25) is 0 Å². The summed E-state index contributed by atoms with van der Waals surface area (Å²) in [5.41, 5.74) is 9.17. The fraction of sp³-hybridized carbons (Fsp3) is 0.111. The summed E-state index contributed by atoms with van der Waals surface area (Å²) in [6.45, 7) is 0. The van der Waals surface area contributed by atoms with Crippen molar-refractivity contribution in [3.8, 4) is 11.5 Å². The molecule has 0 bridgehead atoms. The molecular formula is C18H18N4O4. The number of methoxy groups -OCH3 is 2. The zero-order valence-corrected chi connectivity index (χ0v) is 14.2. The van der Waals surface area contributed by atoms with Gasteiger partial charge in [0.05, 0.1) is 37.3 Å². The number of hydrogen-bond acceptors (Lipinski definition) is 6. The lowest BCUT2D eigenvalue weighted by atomic mass is 10.1. The largest absolute Gasteiger partial charge is 0.493 e. The summed E-state index contributed by atoms with van der Waals surface area (Å²) >= 11 is 0. The second kappa shape index (κ2) is 7.06. The smallest absolute Gasteiger partial charge is 0.409 e. The van der Waals surface area contributed by atoms with E-state index in [2.05, 4.69) is 15.6 Å². The fourth-order valence-corrected chi connectivity index (χ4v) is 2.58. The van der Waals surface area contributed by atoms with Crippen LogP contribution in [0.4, 0.5) is 27.5 Å². The molecule has 0 atom stereocenters. The molecule has 3 rings (SSSR count). The lowest BCUT2D eigenvalue weighted by Gasteiger charge is -2.15. The van der Waals surface area contributed by atoms with Crippen LogP contribution in [0.15, 0.2) is 42.6 Å². The number of nitrogens with one attached hydrogen (secondary N) is 2. The topological polar surface area (TPSA) is 119 Å². The molecule has 8 heteroatoms. The van der Waals surface area contributed by atoms with Crippen molar-refractivity contribution in [1.82, 2.24) is 4.98 Å². The molecule has 0 unspecified atom stereocenters. The number of pyridine rings is 1. The number of carboxylic acid groups (broad SMARTS) is 1. The number of hydrogen-bond donors (Lipinski definition) is 4. The van der Waals surface area contributed by atoms with E-state index in [1.54, 1.807) is 56.8 Å². The van der Waals surface area contributed by atoms with Gasteiger partial charge in [-0.25, -0.2) is 4.79 Å². The highest BCUT2D eigenvalue weighted by Crippen LogP contribution is 2.37. The van der Waals surface area contributed by atoms with E-state index >= 15 is 0 Å². The average Bonchev–Trinajstić information content (AvgIpc) is 2.64. The molecule has 1 heterocycles. The van der Waals surface area contributed by atoms with Gasteiger partial charge in [-0.3, -0.25) is 10.3 Å². The molecule has 1 aromatic heterocycles. The minimum atomic E-state index is -1.11. The molecule has 8 nitrogen and oxygen atoms in total. The minimum absolute atomic E-state index is 0.470. The van der Waals surface area contributed by atoms with Crippen molar-refractivity contribution < 1.29 is 19.4 Å². The molecule has 0 saturated carbocycles. The molecule has 2 aromatic carbocycles. The number of rotatable bonds is 5. The highest BCUT2D eigenvalue weighted by molar-refractivity contribution is 6.00. The van der Waals surface area contributed by atoms with Gasteiger partial charge in [0, 0.05) is 22.8 Å². The van der Waals surface area contributed by atoms with E-state index in [0.29, 0.717) is 34.1 Å². The summed E-state index contributed by atoms with van der Waals surface area (Å²) in [5, 5.41) is 15.1. The predicted octanol–water partition coefficient (Wildman–Crippen LogP) is 3.67. The van der Waals surface area contributed by atoms with Crippen LogP contribution in [0.5, 0.6) is 11.5 Å². The molecule has 3 aromatic rings. The molecule has 0 aliphatic heterocycles. The Labute approximate surface area is 149 Å². The molecule has 26 heavy (non-hydrogen) atoms. The lowest BCUT2D eigenvalue weighted by molar-refractivity contribution is 0.210. The molecule has 134 valence electrons. The maximum absolute atomic E-state index is 10.7.